The van der Waals surface area contributed by atoms with E-state index in [1.807, 2.05) is 11.0 Å². The standard InChI is InChI=1S/C22H27FN2O/c1-16-7-9-19(10-8-16)15-24-13-17(2)25(18(3)14-24)22(26)12-20-5-4-6-21(23)11-20/h4-11,17-18H,12-15H2,1-3H3. The van der Waals surface area contributed by atoms with E-state index in [4.69, 9.17) is 0 Å². The van der Waals surface area contributed by atoms with E-state index < -0.39 is 0 Å². The second-order valence-electron chi connectivity index (χ2n) is 7.49. The van der Waals surface area contributed by atoms with E-state index in [0.29, 0.717) is 0 Å². The van der Waals surface area contributed by atoms with Gasteiger partial charge in [0, 0.05) is 31.7 Å². The Morgan fingerprint density at radius 2 is 1.69 bits per heavy atom. The molecule has 138 valence electrons. The fourth-order valence-corrected chi connectivity index (χ4v) is 3.92. The van der Waals surface area contributed by atoms with Gasteiger partial charge in [-0.1, -0.05) is 42.0 Å². The van der Waals surface area contributed by atoms with Crippen LogP contribution in [-0.4, -0.2) is 40.9 Å². The largest absolute Gasteiger partial charge is 0.334 e. The monoisotopic (exact) mass is 354 g/mol. The number of aryl methyl sites for hydroxylation is 1. The molecule has 0 saturated carbocycles. The molecule has 3 rings (SSSR count). The molecule has 1 aliphatic rings. The number of halogens is 1. The maximum atomic E-state index is 13.4. The van der Waals surface area contributed by atoms with Crippen LogP contribution in [0.25, 0.3) is 0 Å². The molecule has 0 aromatic heterocycles. The maximum absolute atomic E-state index is 13.4. The molecule has 0 bridgehead atoms. The lowest BCUT2D eigenvalue weighted by molar-refractivity contribution is -0.138. The Bertz CT molecular complexity index is 747. The van der Waals surface area contributed by atoms with Crippen molar-refractivity contribution in [2.24, 2.45) is 0 Å². The molecule has 2 atom stereocenters. The van der Waals surface area contributed by atoms with Gasteiger partial charge in [0.1, 0.15) is 5.82 Å². The lowest BCUT2D eigenvalue weighted by atomic mass is 10.0. The van der Waals surface area contributed by atoms with E-state index in [1.54, 1.807) is 6.07 Å². The number of carbonyl (C=O) groups excluding carboxylic acids is 1. The third-order valence-corrected chi connectivity index (χ3v) is 5.05. The van der Waals surface area contributed by atoms with Gasteiger partial charge in [-0.2, -0.15) is 0 Å². The second kappa shape index (κ2) is 8.00. The van der Waals surface area contributed by atoms with Crippen molar-refractivity contribution in [3.63, 3.8) is 0 Å². The van der Waals surface area contributed by atoms with Crippen molar-refractivity contribution in [1.29, 1.82) is 0 Å². The average Bonchev–Trinajstić information content (AvgIpc) is 2.56. The smallest absolute Gasteiger partial charge is 0.227 e. The lowest BCUT2D eigenvalue weighted by Gasteiger charge is -2.44. The van der Waals surface area contributed by atoms with Gasteiger partial charge in [-0.3, -0.25) is 9.69 Å². The Labute approximate surface area is 155 Å². The minimum atomic E-state index is -0.292. The Morgan fingerprint density at radius 1 is 1.04 bits per heavy atom. The van der Waals surface area contributed by atoms with Gasteiger partial charge >= 0.3 is 0 Å². The SMILES string of the molecule is Cc1ccc(CN2CC(C)N(C(=O)Cc3cccc(F)c3)C(C)C2)cc1. The van der Waals surface area contributed by atoms with Crippen LogP contribution in [0.5, 0.6) is 0 Å². The van der Waals surface area contributed by atoms with E-state index >= 15 is 0 Å². The summed E-state index contributed by atoms with van der Waals surface area (Å²) in [5.74, 6) is -0.218. The molecule has 1 fully saturated rings. The summed E-state index contributed by atoms with van der Waals surface area (Å²) in [7, 11) is 0. The van der Waals surface area contributed by atoms with Gasteiger partial charge in [-0.05, 0) is 44.0 Å². The summed E-state index contributed by atoms with van der Waals surface area (Å²) in [6.07, 6.45) is 0.254. The highest BCUT2D eigenvalue weighted by atomic mass is 19.1. The Morgan fingerprint density at radius 3 is 2.31 bits per heavy atom. The molecule has 3 nitrogen and oxygen atoms in total. The van der Waals surface area contributed by atoms with Gasteiger partial charge in [0.2, 0.25) is 5.91 Å². The highest BCUT2D eigenvalue weighted by molar-refractivity contribution is 5.79. The van der Waals surface area contributed by atoms with Crippen molar-refractivity contribution in [3.8, 4) is 0 Å². The molecule has 0 aliphatic carbocycles. The Kier molecular flexibility index (Phi) is 5.72. The molecular formula is C22H27FN2O. The topological polar surface area (TPSA) is 23.6 Å². The molecule has 2 aromatic carbocycles. The van der Waals surface area contributed by atoms with Crippen LogP contribution >= 0.6 is 0 Å². The number of amides is 1. The van der Waals surface area contributed by atoms with Gasteiger partial charge in [-0.15, -0.1) is 0 Å². The minimum absolute atomic E-state index is 0.0746. The molecule has 0 radical (unpaired) electrons. The minimum Gasteiger partial charge on any atom is -0.334 e. The molecule has 1 amide bonds. The molecule has 26 heavy (non-hydrogen) atoms. The first-order chi connectivity index (χ1) is 12.4. The summed E-state index contributed by atoms with van der Waals surface area (Å²) < 4.78 is 13.4. The number of piperazine rings is 1. The predicted octanol–water partition coefficient (Wildman–Crippen LogP) is 3.80. The third-order valence-electron chi connectivity index (χ3n) is 5.05. The van der Waals surface area contributed by atoms with Crippen LogP contribution in [0.4, 0.5) is 4.39 Å². The Balaban J connectivity index is 1.62. The van der Waals surface area contributed by atoms with E-state index in [9.17, 15) is 9.18 Å². The lowest BCUT2D eigenvalue weighted by Crippen LogP contribution is -2.58. The van der Waals surface area contributed by atoms with Gasteiger partial charge in [0.25, 0.3) is 0 Å². The van der Waals surface area contributed by atoms with E-state index in [0.717, 1.165) is 25.2 Å². The summed E-state index contributed by atoms with van der Waals surface area (Å²) in [5, 5.41) is 0. The first-order valence-corrected chi connectivity index (χ1v) is 9.26. The molecule has 0 N–H and O–H groups in total. The number of benzene rings is 2. The van der Waals surface area contributed by atoms with Crippen molar-refractivity contribution in [3.05, 3.63) is 71.0 Å². The predicted molar refractivity (Wildman–Crippen MR) is 102 cm³/mol. The molecule has 1 saturated heterocycles. The first kappa shape index (κ1) is 18.6. The molecule has 0 spiro atoms. The van der Waals surface area contributed by atoms with Gasteiger partial charge in [-0.25, -0.2) is 4.39 Å². The highest BCUT2D eigenvalue weighted by Crippen LogP contribution is 2.20. The van der Waals surface area contributed by atoms with Crippen LogP contribution in [0.3, 0.4) is 0 Å². The van der Waals surface area contributed by atoms with Crippen LogP contribution in [0.15, 0.2) is 48.5 Å². The number of hydrogen-bond acceptors (Lipinski definition) is 2. The summed E-state index contributed by atoms with van der Waals surface area (Å²) >= 11 is 0. The molecular weight excluding hydrogens is 327 g/mol. The van der Waals surface area contributed by atoms with Crippen LogP contribution in [-0.2, 0) is 17.8 Å². The van der Waals surface area contributed by atoms with Crippen LogP contribution < -0.4 is 0 Å². The van der Waals surface area contributed by atoms with E-state index in [-0.39, 0.29) is 30.2 Å². The maximum Gasteiger partial charge on any atom is 0.227 e. The first-order valence-electron chi connectivity index (χ1n) is 9.26. The fraction of sp³-hybridized carbons (Fsp3) is 0.409. The number of carbonyl (C=O) groups is 1. The summed E-state index contributed by atoms with van der Waals surface area (Å²) in [6, 6.07) is 15.2. The van der Waals surface area contributed by atoms with Crippen LogP contribution in [0.1, 0.15) is 30.5 Å². The van der Waals surface area contributed by atoms with Crippen LogP contribution in [0, 0.1) is 12.7 Å². The fourth-order valence-electron chi connectivity index (χ4n) is 3.92. The number of nitrogens with zero attached hydrogens (tertiary/aromatic N) is 2. The summed E-state index contributed by atoms with van der Waals surface area (Å²) in [4.78, 5) is 17.2. The van der Waals surface area contributed by atoms with Gasteiger partial charge < -0.3 is 4.90 Å². The zero-order valence-electron chi connectivity index (χ0n) is 15.8. The third kappa shape index (κ3) is 4.50. The van der Waals surface area contributed by atoms with Crippen molar-refractivity contribution in [2.75, 3.05) is 13.1 Å². The molecule has 2 aromatic rings. The molecule has 1 aliphatic heterocycles. The second-order valence-corrected chi connectivity index (χ2v) is 7.49. The average molecular weight is 354 g/mol. The molecule has 1 heterocycles. The zero-order chi connectivity index (χ0) is 18.7. The van der Waals surface area contributed by atoms with Crippen molar-refractivity contribution < 1.29 is 9.18 Å². The normalized spacial score (nSPS) is 21.0. The summed E-state index contributed by atoms with van der Waals surface area (Å²) in [5.41, 5.74) is 3.30. The Hall–Kier alpha value is -2.20. The van der Waals surface area contributed by atoms with Gasteiger partial charge in [0.05, 0.1) is 6.42 Å². The highest BCUT2D eigenvalue weighted by Gasteiger charge is 2.32. The molecule has 4 heteroatoms. The van der Waals surface area contributed by atoms with Crippen molar-refractivity contribution >= 4 is 5.91 Å². The van der Waals surface area contributed by atoms with Crippen molar-refractivity contribution in [2.45, 2.75) is 45.8 Å². The van der Waals surface area contributed by atoms with E-state index in [2.05, 4.69) is 49.9 Å². The quantitative estimate of drug-likeness (QED) is 0.834. The zero-order valence-corrected chi connectivity index (χ0v) is 15.8. The number of rotatable bonds is 4. The molecule has 2 unspecified atom stereocenters. The van der Waals surface area contributed by atoms with E-state index in [1.165, 1.54) is 23.3 Å². The van der Waals surface area contributed by atoms with Crippen LogP contribution in [0.2, 0.25) is 0 Å². The van der Waals surface area contributed by atoms with Crippen molar-refractivity contribution in [1.82, 2.24) is 9.80 Å². The van der Waals surface area contributed by atoms with Gasteiger partial charge in [0.15, 0.2) is 0 Å². The summed E-state index contributed by atoms with van der Waals surface area (Å²) in [6.45, 7) is 8.90. The number of hydrogen-bond donors (Lipinski definition) is 0.